The van der Waals surface area contributed by atoms with E-state index in [1.807, 2.05) is 0 Å². The van der Waals surface area contributed by atoms with Crippen molar-refractivity contribution in [2.45, 2.75) is 26.3 Å². The van der Waals surface area contributed by atoms with Crippen molar-refractivity contribution in [3.63, 3.8) is 0 Å². The van der Waals surface area contributed by atoms with Crippen LogP contribution >= 0.6 is 0 Å². The Kier molecular flexibility index (Phi) is 5.71. The van der Waals surface area contributed by atoms with Crippen molar-refractivity contribution in [1.29, 1.82) is 0 Å². The topological polar surface area (TPSA) is 84.5 Å². The first-order valence-electron chi connectivity index (χ1n) is 6.14. The summed E-state index contributed by atoms with van der Waals surface area (Å²) in [5.41, 5.74) is 1.33. The second-order valence-corrected chi connectivity index (χ2v) is 4.34. The van der Waals surface area contributed by atoms with E-state index in [9.17, 15) is 14.4 Å². The van der Waals surface area contributed by atoms with Crippen molar-refractivity contribution < 1.29 is 19.1 Å². The van der Waals surface area contributed by atoms with Crippen LogP contribution in [0, 0.1) is 0 Å². The number of anilines is 1. The molecule has 0 spiro atoms. The van der Waals surface area contributed by atoms with Gasteiger partial charge in [0.15, 0.2) is 0 Å². The lowest BCUT2D eigenvalue weighted by molar-refractivity contribution is -0.141. The zero-order valence-corrected chi connectivity index (χ0v) is 11.7. The molecule has 0 radical (unpaired) electrons. The van der Waals surface area contributed by atoms with Crippen LogP contribution in [0.25, 0.3) is 0 Å². The molecule has 6 heteroatoms. The van der Waals surface area contributed by atoms with Gasteiger partial charge in [-0.3, -0.25) is 14.4 Å². The van der Waals surface area contributed by atoms with Gasteiger partial charge in [0, 0.05) is 19.5 Å². The molecule has 0 fully saturated rings. The van der Waals surface area contributed by atoms with Gasteiger partial charge in [-0.1, -0.05) is 12.1 Å². The number of hydrogen-bond donors (Lipinski definition) is 2. The number of ether oxygens (including phenoxy) is 1. The van der Waals surface area contributed by atoms with Gasteiger partial charge in [0.05, 0.1) is 19.6 Å². The highest BCUT2D eigenvalue weighted by atomic mass is 16.5. The summed E-state index contributed by atoms with van der Waals surface area (Å²) in [5.74, 6) is -0.858. The van der Waals surface area contributed by atoms with Crippen molar-refractivity contribution >= 4 is 23.5 Å². The number of amides is 2. The maximum atomic E-state index is 11.4. The molecule has 0 aliphatic rings. The van der Waals surface area contributed by atoms with Crippen LogP contribution in [0.5, 0.6) is 0 Å². The van der Waals surface area contributed by atoms with E-state index in [2.05, 4.69) is 15.4 Å². The third-order valence-electron chi connectivity index (χ3n) is 2.59. The zero-order chi connectivity index (χ0) is 15.1. The number of rotatable bonds is 5. The van der Waals surface area contributed by atoms with E-state index >= 15 is 0 Å². The second-order valence-electron chi connectivity index (χ2n) is 4.34. The lowest BCUT2D eigenvalue weighted by Gasteiger charge is -2.18. The van der Waals surface area contributed by atoms with Crippen molar-refractivity contribution in [3.05, 3.63) is 29.8 Å². The largest absolute Gasteiger partial charge is 0.469 e. The number of carbonyl (C=O) groups excluding carboxylic acids is 3. The van der Waals surface area contributed by atoms with E-state index in [4.69, 9.17) is 0 Å². The maximum Gasteiger partial charge on any atom is 0.307 e. The first-order valence-corrected chi connectivity index (χ1v) is 6.14. The highest BCUT2D eigenvalue weighted by molar-refractivity contribution is 5.88. The van der Waals surface area contributed by atoms with Gasteiger partial charge in [-0.05, 0) is 17.7 Å². The van der Waals surface area contributed by atoms with Gasteiger partial charge in [0.25, 0.3) is 0 Å². The maximum absolute atomic E-state index is 11.4. The molecule has 20 heavy (non-hydrogen) atoms. The van der Waals surface area contributed by atoms with Gasteiger partial charge in [-0.15, -0.1) is 0 Å². The molecule has 0 aromatic heterocycles. The van der Waals surface area contributed by atoms with E-state index in [0.29, 0.717) is 5.69 Å². The Hall–Kier alpha value is -2.37. The summed E-state index contributed by atoms with van der Waals surface area (Å²) >= 11 is 0. The summed E-state index contributed by atoms with van der Waals surface area (Å²) < 4.78 is 4.62. The molecule has 0 heterocycles. The molecule has 2 N–H and O–H groups in total. The lowest BCUT2D eigenvalue weighted by Crippen LogP contribution is -2.28. The molecule has 2 amide bonds. The predicted octanol–water partition coefficient (Wildman–Crippen LogP) is 1.39. The molecule has 0 bridgehead atoms. The predicted molar refractivity (Wildman–Crippen MR) is 73.9 cm³/mol. The van der Waals surface area contributed by atoms with Crippen molar-refractivity contribution in [2.75, 3.05) is 12.4 Å². The average Bonchev–Trinajstić information content (AvgIpc) is 2.36. The minimum atomic E-state index is -0.492. The number of benzene rings is 1. The lowest BCUT2D eigenvalue weighted by atomic mass is 10.0. The van der Waals surface area contributed by atoms with Gasteiger partial charge in [0.2, 0.25) is 11.8 Å². The standard InChI is InChI=1S/C14H18N2O4/c1-9(17)15-12-6-4-5-11(7-12)13(16-10(2)18)8-14(19)20-3/h4-7,13H,8H2,1-3H3,(H,15,17)(H,16,18). The molecule has 0 aliphatic heterocycles. The number of nitrogens with one attached hydrogen (secondary N) is 2. The molecule has 0 aliphatic carbocycles. The Balaban J connectivity index is 2.96. The minimum absolute atomic E-state index is 0.0274. The van der Waals surface area contributed by atoms with Crippen LogP contribution in [0.1, 0.15) is 31.9 Å². The summed E-state index contributed by atoms with van der Waals surface area (Å²) in [6, 6.07) is 6.47. The fourth-order valence-electron chi connectivity index (χ4n) is 1.78. The third-order valence-corrected chi connectivity index (χ3v) is 2.59. The first-order chi connectivity index (χ1) is 9.42. The van der Waals surface area contributed by atoms with Gasteiger partial charge in [-0.2, -0.15) is 0 Å². The van der Waals surface area contributed by atoms with Crippen molar-refractivity contribution in [1.82, 2.24) is 5.32 Å². The zero-order valence-electron chi connectivity index (χ0n) is 11.7. The molecule has 1 rings (SSSR count). The van der Waals surface area contributed by atoms with Crippen LogP contribution < -0.4 is 10.6 Å². The number of carbonyl (C=O) groups is 3. The molecule has 0 saturated heterocycles. The van der Waals surface area contributed by atoms with Crippen LogP contribution in [0.2, 0.25) is 0 Å². The van der Waals surface area contributed by atoms with Gasteiger partial charge >= 0.3 is 5.97 Å². The van der Waals surface area contributed by atoms with Crippen molar-refractivity contribution in [2.24, 2.45) is 0 Å². The van der Waals surface area contributed by atoms with Gasteiger partial charge in [-0.25, -0.2) is 0 Å². The number of methoxy groups -OCH3 is 1. The first kappa shape index (κ1) is 15.7. The molecular formula is C14H18N2O4. The van der Waals surface area contributed by atoms with E-state index in [0.717, 1.165) is 5.56 Å². The highest BCUT2D eigenvalue weighted by Crippen LogP contribution is 2.21. The average molecular weight is 278 g/mol. The van der Waals surface area contributed by atoms with Gasteiger partial charge < -0.3 is 15.4 Å². The Morgan fingerprint density at radius 2 is 1.90 bits per heavy atom. The molecule has 108 valence electrons. The summed E-state index contributed by atoms with van der Waals surface area (Å²) in [7, 11) is 1.29. The van der Waals surface area contributed by atoms with E-state index in [1.54, 1.807) is 24.3 Å². The van der Waals surface area contributed by atoms with Crippen LogP contribution in [0.3, 0.4) is 0 Å². The Bertz CT molecular complexity index is 514. The molecule has 1 unspecified atom stereocenters. The monoisotopic (exact) mass is 278 g/mol. The highest BCUT2D eigenvalue weighted by Gasteiger charge is 2.17. The molecule has 1 aromatic rings. The van der Waals surface area contributed by atoms with Crippen LogP contribution in [-0.2, 0) is 19.1 Å². The Morgan fingerprint density at radius 1 is 1.20 bits per heavy atom. The minimum Gasteiger partial charge on any atom is -0.469 e. The van der Waals surface area contributed by atoms with Crippen LogP contribution in [0.4, 0.5) is 5.69 Å². The van der Waals surface area contributed by atoms with E-state index in [1.165, 1.54) is 21.0 Å². The van der Waals surface area contributed by atoms with Gasteiger partial charge in [0.1, 0.15) is 0 Å². The quantitative estimate of drug-likeness (QED) is 0.797. The second kappa shape index (κ2) is 7.28. The fourth-order valence-corrected chi connectivity index (χ4v) is 1.78. The Labute approximate surface area is 117 Å². The smallest absolute Gasteiger partial charge is 0.307 e. The fraction of sp³-hybridized carbons (Fsp3) is 0.357. The SMILES string of the molecule is COC(=O)CC(NC(C)=O)c1cccc(NC(C)=O)c1. The summed E-state index contributed by atoms with van der Waals surface area (Å²) in [5, 5.41) is 5.34. The molecule has 1 atom stereocenters. The molecule has 6 nitrogen and oxygen atoms in total. The third kappa shape index (κ3) is 5.09. The van der Waals surface area contributed by atoms with E-state index < -0.39 is 12.0 Å². The Morgan fingerprint density at radius 3 is 2.45 bits per heavy atom. The normalized spacial score (nSPS) is 11.3. The molecular weight excluding hydrogens is 260 g/mol. The van der Waals surface area contributed by atoms with Crippen LogP contribution in [-0.4, -0.2) is 24.9 Å². The molecule has 1 aromatic carbocycles. The van der Waals surface area contributed by atoms with Crippen LogP contribution in [0.15, 0.2) is 24.3 Å². The summed E-state index contributed by atoms with van der Waals surface area (Å²) in [6.45, 7) is 2.79. The molecule has 0 saturated carbocycles. The number of esters is 1. The number of hydrogen-bond acceptors (Lipinski definition) is 4. The van der Waals surface area contributed by atoms with Crippen molar-refractivity contribution in [3.8, 4) is 0 Å². The van der Waals surface area contributed by atoms with E-state index in [-0.39, 0.29) is 18.2 Å². The summed E-state index contributed by atoms with van der Waals surface area (Å²) in [6.07, 6.45) is 0.0274. The summed E-state index contributed by atoms with van der Waals surface area (Å²) in [4.78, 5) is 33.7.